The molecule has 1 aliphatic rings. The van der Waals surface area contributed by atoms with Gasteiger partial charge in [0.2, 0.25) is 0 Å². The maximum absolute atomic E-state index is 11.7. The molecular formula is C29H51N2NaO3S. The number of hydrogen-bond donors (Lipinski definition) is 1. The number of fused-ring (bicyclic) bond motifs is 1. The average Bonchev–Trinajstić information content (AvgIpc) is 3.21. The largest absolute Gasteiger partial charge is 1.00 e. The van der Waals surface area contributed by atoms with Crippen LogP contribution >= 0.6 is 0 Å². The van der Waals surface area contributed by atoms with Crippen molar-refractivity contribution in [3.05, 3.63) is 24.3 Å². The van der Waals surface area contributed by atoms with E-state index < -0.39 is 16.5 Å². The fraction of sp³-hybridized carbons (Fsp3) is 0.793. The molecule has 0 spiro atoms. The SMILES string of the molecule is CCCCCCCCCCCCCCCCCCCCCCC1Nc2ccccc2N1S(=O)(=O)[O-].[Na+]. The van der Waals surface area contributed by atoms with E-state index in [2.05, 4.69) is 12.2 Å². The van der Waals surface area contributed by atoms with Gasteiger partial charge in [0.25, 0.3) is 0 Å². The number of nitrogens with zero attached hydrogens (tertiary/aromatic N) is 1. The third-order valence-corrected chi connectivity index (χ3v) is 8.25. The summed E-state index contributed by atoms with van der Waals surface area (Å²) >= 11 is 0. The predicted octanol–water partition coefficient (Wildman–Crippen LogP) is 5.92. The summed E-state index contributed by atoms with van der Waals surface area (Å²) in [5, 5.41) is 3.20. The van der Waals surface area contributed by atoms with Gasteiger partial charge in [0.1, 0.15) is 6.17 Å². The molecule has 202 valence electrons. The minimum absolute atomic E-state index is 0. The van der Waals surface area contributed by atoms with E-state index in [1.807, 2.05) is 12.1 Å². The molecule has 0 fully saturated rings. The van der Waals surface area contributed by atoms with Crippen LogP contribution in [0, 0.1) is 0 Å². The first-order valence-corrected chi connectivity index (χ1v) is 16.0. The van der Waals surface area contributed by atoms with Crippen LogP contribution in [0.3, 0.4) is 0 Å². The molecule has 1 unspecified atom stereocenters. The number of benzene rings is 1. The van der Waals surface area contributed by atoms with E-state index >= 15 is 0 Å². The molecule has 1 N–H and O–H groups in total. The Balaban J connectivity index is 0.00000648. The van der Waals surface area contributed by atoms with Crippen LogP contribution in [0.25, 0.3) is 0 Å². The standard InChI is InChI=1S/C29H52N2O3S.Na/c1-2-3-4-5-6-7-8-9-10-11-12-13-14-15-16-17-18-19-20-21-26-29-30-27-24-22-23-25-28(27)31(29)35(32,33)34;/h22-25,29-30H,2-21,26H2,1H3,(H,32,33,34);/q;+1/p-1. The molecule has 7 heteroatoms. The Hall–Kier alpha value is -0.270. The van der Waals surface area contributed by atoms with E-state index in [1.165, 1.54) is 116 Å². The van der Waals surface area contributed by atoms with Crippen molar-refractivity contribution in [1.29, 1.82) is 0 Å². The van der Waals surface area contributed by atoms with Crippen LogP contribution < -0.4 is 39.2 Å². The van der Waals surface area contributed by atoms with Crippen LogP contribution in [0.5, 0.6) is 0 Å². The molecule has 0 saturated carbocycles. The third-order valence-electron chi connectivity index (χ3n) is 7.32. The Labute approximate surface area is 244 Å². The molecule has 0 aliphatic carbocycles. The van der Waals surface area contributed by atoms with Crippen molar-refractivity contribution in [3.8, 4) is 0 Å². The third kappa shape index (κ3) is 14.0. The number of unbranched alkanes of at least 4 members (excludes halogenated alkanes) is 19. The van der Waals surface area contributed by atoms with E-state index in [0.717, 1.165) is 22.8 Å². The normalized spacial score (nSPS) is 14.9. The summed E-state index contributed by atoms with van der Waals surface area (Å²) in [6.45, 7) is 2.28. The van der Waals surface area contributed by atoms with E-state index in [1.54, 1.807) is 12.1 Å². The molecule has 0 saturated heterocycles. The molecule has 0 amide bonds. The van der Waals surface area contributed by atoms with Gasteiger partial charge in [-0.2, -0.15) is 0 Å². The molecule has 0 aromatic heterocycles. The smallest absolute Gasteiger partial charge is 0.731 e. The van der Waals surface area contributed by atoms with Crippen molar-refractivity contribution in [3.63, 3.8) is 0 Å². The first kappa shape index (κ1) is 33.8. The molecule has 5 nitrogen and oxygen atoms in total. The number of rotatable bonds is 22. The zero-order valence-electron chi connectivity index (χ0n) is 23.3. The Morgan fingerprint density at radius 3 is 1.50 bits per heavy atom. The fourth-order valence-corrected chi connectivity index (χ4v) is 6.12. The average molecular weight is 531 g/mol. The van der Waals surface area contributed by atoms with E-state index in [4.69, 9.17) is 0 Å². The summed E-state index contributed by atoms with van der Waals surface area (Å²) in [7, 11) is -4.52. The number of anilines is 2. The van der Waals surface area contributed by atoms with Gasteiger partial charge < -0.3 is 9.87 Å². The Morgan fingerprint density at radius 1 is 0.694 bits per heavy atom. The minimum atomic E-state index is -4.52. The second kappa shape index (κ2) is 20.7. The minimum Gasteiger partial charge on any atom is -0.731 e. The zero-order valence-corrected chi connectivity index (χ0v) is 26.1. The summed E-state index contributed by atoms with van der Waals surface area (Å²) in [4.78, 5) is 0. The van der Waals surface area contributed by atoms with Crippen molar-refractivity contribution in [2.24, 2.45) is 0 Å². The zero-order chi connectivity index (χ0) is 25.2. The van der Waals surface area contributed by atoms with Crippen LogP contribution in [0.15, 0.2) is 24.3 Å². The van der Waals surface area contributed by atoms with Gasteiger partial charge >= 0.3 is 29.6 Å². The summed E-state index contributed by atoms with van der Waals surface area (Å²) < 4.78 is 36.3. The first-order chi connectivity index (χ1) is 17.0. The van der Waals surface area contributed by atoms with Gasteiger partial charge in [-0.1, -0.05) is 141 Å². The maximum Gasteiger partial charge on any atom is 1.00 e. The Bertz CT molecular complexity index is 776. The molecule has 1 atom stereocenters. The quantitative estimate of drug-likeness (QED) is 0.115. The Kier molecular flexibility index (Phi) is 19.4. The molecular weight excluding hydrogens is 479 g/mol. The van der Waals surface area contributed by atoms with Crippen LogP contribution in [0.4, 0.5) is 11.4 Å². The van der Waals surface area contributed by atoms with Gasteiger partial charge in [-0.15, -0.1) is 0 Å². The van der Waals surface area contributed by atoms with Crippen LogP contribution in [-0.4, -0.2) is 19.1 Å². The first-order valence-electron chi connectivity index (χ1n) is 14.6. The number of nitrogens with one attached hydrogen (secondary N) is 1. The molecule has 1 aliphatic heterocycles. The summed E-state index contributed by atoms with van der Waals surface area (Å²) in [6, 6.07) is 7.13. The topological polar surface area (TPSA) is 72.5 Å². The number of para-hydroxylation sites is 2. The molecule has 0 radical (unpaired) electrons. The maximum atomic E-state index is 11.7. The van der Waals surface area contributed by atoms with Gasteiger partial charge in [-0.3, -0.25) is 4.31 Å². The van der Waals surface area contributed by atoms with Crippen molar-refractivity contribution in [2.45, 2.75) is 148 Å². The van der Waals surface area contributed by atoms with Crippen molar-refractivity contribution in [1.82, 2.24) is 0 Å². The van der Waals surface area contributed by atoms with E-state index in [0.29, 0.717) is 12.1 Å². The van der Waals surface area contributed by atoms with Crippen molar-refractivity contribution >= 4 is 21.7 Å². The molecule has 1 heterocycles. The molecule has 2 rings (SSSR count). The van der Waals surface area contributed by atoms with Gasteiger partial charge in [0.05, 0.1) is 11.4 Å². The predicted molar refractivity (Wildman–Crippen MR) is 149 cm³/mol. The summed E-state index contributed by atoms with van der Waals surface area (Å²) in [5.74, 6) is 0. The molecule has 1 aromatic carbocycles. The van der Waals surface area contributed by atoms with E-state index in [9.17, 15) is 13.0 Å². The van der Waals surface area contributed by atoms with Gasteiger partial charge in [-0.05, 0) is 25.0 Å². The Morgan fingerprint density at radius 2 is 1.08 bits per heavy atom. The van der Waals surface area contributed by atoms with Crippen LogP contribution in [0.2, 0.25) is 0 Å². The molecule has 36 heavy (non-hydrogen) atoms. The monoisotopic (exact) mass is 530 g/mol. The van der Waals surface area contributed by atoms with Crippen LogP contribution in [-0.2, 0) is 10.3 Å². The van der Waals surface area contributed by atoms with Crippen LogP contribution in [0.1, 0.15) is 142 Å². The van der Waals surface area contributed by atoms with Crippen molar-refractivity contribution < 1.29 is 42.5 Å². The van der Waals surface area contributed by atoms with Crippen molar-refractivity contribution in [2.75, 3.05) is 9.62 Å². The van der Waals surface area contributed by atoms with Gasteiger partial charge in [-0.25, -0.2) is 8.42 Å². The van der Waals surface area contributed by atoms with E-state index in [-0.39, 0.29) is 29.6 Å². The van der Waals surface area contributed by atoms with Gasteiger partial charge in [0, 0.05) is 0 Å². The second-order valence-corrected chi connectivity index (χ2v) is 11.7. The molecule has 0 bridgehead atoms. The van der Waals surface area contributed by atoms with Gasteiger partial charge in [0.15, 0.2) is 10.3 Å². The molecule has 1 aromatic rings. The number of hydrogen-bond acceptors (Lipinski definition) is 4. The second-order valence-electron chi connectivity index (χ2n) is 10.4. The summed E-state index contributed by atoms with van der Waals surface area (Å²) in [5.41, 5.74) is 1.20. The fourth-order valence-electron chi connectivity index (χ4n) is 5.25. The summed E-state index contributed by atoms with van der Waals surface area (Å²) in [6.07, 6.45) is 27.0.